The lowest BCUT2D eigenvalue weighted by Crippen LogP contribution is -2.02. The summed E-state index contributed by atoms with van der Waals surface area (Å²) in [5.74, 6) is -0.557. The Morgan fingerprint density at radius 3 is 2.17 bits per heavy atom. The Morgan fingerprint density at radius 2 is 1.56 bits per heavy atom. The number of hydrogen-bond donors (Lipinski definition) is 2. The lowest BCUT2D eigenvalue weighted by Gasteiger charge is -2.09. The molecule has 0 saturated heterocycles. The summed E-state index contributed by atoms with van der Waals surface area (Å²) in [5, 5.41) is 19.2. The van der Waals surface area contributed by atoms with Crippen molar-refractivity contribution in [1.29, 1.82) is 0 Å². The van der Waals surface area contributed by atoms with Crippen molar-refractivity contribution in [2.75, 3.05) is 0 Å². The molecule has 2 aromatic carbocycles. The van der Waals surface area contributed by atoms with Crippen molar-refractivity contribution in [3.8, 4) is 11.5 Å². The van der Waals surface area contributed by atoms with E-state index >= 15 is 0 Å². The first-order valence-electron chi connectivity index (χ1n) is 5.26. The highest BCUT2D eigenvalue weighted by atomic mass is 32.2. The number of benzene rings is 2. The van der Waals surface area contributed by atoms with E-state index in [-0.39, 0.29) is 21.1 Å². The highest BCUT2D eigenvalue weighted by Crippen LogP contribution is 2.35. The average Bonchev–Trinajstić information content (AvgIpc) is 2.37. The van der Waals surface area contributed by atoms with E-state index in [1.165, 1.54) is 31.2 Å². The molecular formula is C13H12O4S. The van der Waals surface area contributed by atoms with E-state index in [0.29, 0.717) is 0 Å². The summed E-state index contributed by atoms with van der Waals surface area (Å²) in [6, 6.07) is 10.3. The molecule has 0 fully saturated rings. The van der Waals surface area contributed by atoms with E-state index in [4.69, 9.17) is 0 Å². The molecule has 94 valence electrons. The summed E-state index contributed by atoms with van der Waals surface area (Å²) in [5.41, 5.74) is 0.145. The number of aromatic hydroxyl groups is 2. The van der Waals surface area contributed by atoms with Crippen molar-refractivity contribution in [1.82, 2.24) is 0 Å². The summed E-state index contributed by atoms with van der Waals surface area (Å²) < 4.78 is 24.6. The van der Waals surface area contributed by atoms with Gasteiger partial charge in [-0.25, -0.2) is 8.42 Å². The van der Waals surface area contributed by atoms with Gasteiger partial charge in [0.1, 0.15) is 16.4 Å². The van der Waals surface area contributed by atoms with Crippen molar-refractivity contribution in [2.45, 2.75) is 16.7 Å². The molecule has 0 heterocycles. The van der Waals surface area contributed by atoms with Gasteiger partial charge < -0.3 is 10.2 Å². The molecule has 0 atom stereocenters. The van der Waals surface area contributed by atoms with Crippen LogP contribution in [0.25, 0.3) is 0 Å². The van der Waals surface area contributed by atoms with Crippen LogP contribution in [0.1, 0.15) is 5.56 Å². The molecule has 4 nitrogen and oxygen atoms in total. The molecule has 0 radical (unpaired) electrons. The topological polar surface area (TPSA) is 74.6 Å². The summed E-state index contributed by atoms with van der Waals surface area (Å²) in [4.78, 5) is -0.102. The second kappa shape index (κ2) is 4.34. The van der Waals surface area contributed by atoms with Crippen molar-refractivity contribution in [3.05, 3.63) is 48.0 Å². The molecule has 2 aromatic rings. The third kappa shape index (κ3) is 1.93. The van der Waals surface area contributed by atoms with Crippen LogP contribution in [0.3, 0.4) is 0 Å². The number of sulfone groups is 1. The van der Waals surface area contributed by atoms with E-state index in [0.717, 1.165) is 0 Å². The predicted molar refractivity (Wildman–Crippen MR) is 66.4 cm³/mol. The molecular weight excluding hydrogens is 252 g/mol. The molecule has 2 rings (SSSR count). The van der Waals surface area contributed by atoms with Gasteiger partial charge in [0, 0.05) is 5.56 Å². The maximum atomic E-state index is 12.3. The second-order valence-electron chi connectivity index (χ2n) is 3.87. The van der Waals surface area contributed by atoms with E-state index in [9.17, 15) is 18.6 Å². The standard InChI is InChI=1S/C13H12O4S/c1-9-11(14)7-8-12(13(9)15)18(16,17)10-5-3-2-4-6-10/h2-8,14-15H,1H3. The fourth-order valence-electron chi connectivity index (χ4n) is 1.61. The van der Waals surface area contributed by atoms with E-state index in [1.54, 1.807) is 18.2 Å². The van der Waals surface area contributed by atoms with Crippen LogP contribution >= 0.6 is 0 Å². The minimum atomic E-state index is -3.77. The first-order valence-corrected chi connectivity index (χ1v) is 6.74. The number of phenols is 2. The minimum absolute atomic E-state index is 0.102. The summed E-state index contributed by atoms with van der Waals surface area (Å²) in [6.07, 6.45) is 0. The maximum Gasteiger partial charge on any atom is 0.210 e. The molecule has 0 aliphatic rings. The van der Waals surface area contributed by atoms with Crippen LogP contribution in [-0.4, -0.2) is 18.6 Å². The van der Waals surface area contributed by atoms with Gasteiger partial charge in [0.25, 0.3) is 0 Å². The van der Waals surface area contributed by atoms with Crippen LogP contribution in [-0.2, 0) is 9.84 Å². The minimum Gasteiger partial charge on any atom is -0.508 e. The fraction of sp³-hybridized carbons (Fsp3) is 0.0769. The van der Waals surface area contributed by atoms with Gasteiger partial charge in [0.2, 0.25) is 9.84 Å². The van der Waals surface area contributed by atoms with Crippen LogP contribution < -0.4 is 0 Å². The van der Waals surface area contributed by atoms with E-state index in [1.807, 2.05) is 0 Å². The highest BCUT2D eigenvalue weighted by molar-refractivity contribution is 7.91. The molecule has 0 bridgehead atoms. The van der Waals surface area contributed by atoms with Crippen molar-refractivity contribution < 1.29 is 18.6 Å². The quantitative estimate of drug-likeness (QED) is 0.872. The molecule has 0 aliphatic carbocycles. The highest BCUT2D eigenvalue weighted by Gasteiger charge is 2.23. The molecule has 0 unspecified atom stereocenters. The molecule has 0 spiro atoms. The third-order valence-electron chi connectivity index (χ3n) is 2.71. The predicted octanol–water partition coefficient (Wildman–Crippen LogP) is 2.24. The summed E-state index contributed by atoms with van der Waals surface area (Å²) >= 11 is 0. The zero-order valence-corrected chi connectivity index (χ0v) is 10.5. The summed E-state index contributed by atoms with van der Waals surface area (Å²) in [6.45, 7) is 1.45. The van der Waals surface area contributed by atoms with Crippen LogP contribution in [0.2, 0.25) is 0 Å². The van der Waals surface area contributed by atoms with Crippen LogP contribution in [0.15, 0.2) is 52.3 Å². The Morgan fingerprint density at radius 1 is 0.944 bits per heavy atom. The van der Waals surface area contributed by atoms with Gasteiger partial charge >= 0.3 is 0 Å². The zero-order chi connectivity index (χ0) is 13.3. The Kier molecular flexibility index (Phi) is 3.00. The molecule has 0 amide bonds. The normalized spacial score (nSPS) is 11.4. The van der Waals surface area contributed by atoms with Gasteiger partial charge in [0.05, 0.1) is 4.90 Å². The lowest BCUT2D eigenvalue weighted by molar-refractivity contribution is 0.432. The van der Waals surface area contributed by atoms with Gasteiger partial charge in [-0.3, -0.25) is 0 Å². The molecule has 2 N–H and O–H groups in total. The maximum absolute atomic E-state index is 12.3. The number of rotatable bonds is 2. The molecule has 0 aromatic heterocycles. The average molecular weight is 264 g/mol. The van der Waals surface area contributed by atoms with E-state index < -0.39 is 15.6 Å². The Balaban J connectivity index is 2.67. The molecule has 0 aliphatic heterocycles. The van der Waals surface area contributed by atoms with Gasteiger partial charge in [-0.15, -0.1) is 0 Å². The van der Waals surface area contributed by atoms with Crippen LogP contribution in [0.5, 0.6) is 11.5 Å². The Labute approximate surface area is 105 Å². The largest absolute Gasteiger partial charge is 0.508 e. The fourth-order valence-corrected chi connectivity index (χ4v) is 3.03. The van der Waals surface area contributed by atoms with Crippen molar-refractivity contribution >= 4 is 9.84 Å². The smallest absolute Gasteiger partial charge is 0.210 e. The van der Waals surface area contributed by atoms with Crippen LogP contribution in [0, 0.1) is 6.92 Å². The summed E-state index contributed by atoms with van der Waals surface area (Å²) in [7, 11) is -3.77. The first-order chi connectivity index (χ1) is 8.44. The third-order valence-corrected chi connectivity index (χ3v) is 4.51. The Bertz CT molecular complexity index is 676. The van der Waals surface area contributed by atoms with Gasteiger partial charge in [-0.2, -0.15) is 0 Å². The second-order valence-corrected chi connectivity index (χ2v) is 5.79. The van der Waals surface area contributed by atoms with Crippen LogP contribution in [0.4, 0.5) is 0 Å². The molecule has 18 heavy (non-hydrogen) atoms. The van der Waals surface area contributed by atoms with E-state index in [2.05, 4.69) is 0 Å². The van der Waals surface area contributed by atoms with Crippen molar-refractivity contribution in [2.24, 2.45) is 0 Å². The molecule has 5 heteroatoms. The van der Waals surface area contributed by atoms with Gasteiger partial charge in [-0.05, 0) is 31.2 Å². The van der Waals surface area contributed by atoms with Gasteiger partial charge in [-0.1, -0.05) is 18.2 Å². The SMILES string of the molecule is Cc1c(O)ccc(S(=O)(=O)c2ccccc2)c1O. The number of hydrogen-bond acceptors (Lipinski definition) is 4. The first kappa shape index (κ1) is 12.4. The Hall–Kier alpha value is -2.01. The lowest BCUT2D eigenvalue weighted by atomic mass is 10.2. The molecule has 0 saturated carbocycles. The number of phenolic OH excluding ortho intramolecular Hbond substituents is 2. The zero-order valence-electron chi connectivity index (χ0n) is 9.66. The monoisotopic (exact) mass is 264 g/mol. The van der Waals surface area contributed by atoms with Gasteiger partial charge in [0.15, 0.2) is 0 Å². The van der Waals surface area contributed by atoms with Crippen molar-refractivity contribution in [3.63, 3.8) is 0 Å².